The van der Waals surface area contributed by atoms with Crippen LogP contribution in [0, 0.1) is 11.3 Å². The minimum Gasteiger partial charge on any atom is -0.278 e. The largest absolute Gasteiger partial charge is 0.278 e. The van der Waals surface area contributed by atoms with Crippen molar-refractivity contribution in [3.8, 4) is 57.0 Å². The van der Waals surface area contributed by atoms with Crippen LogP contribution in [0.1, 0.15) is 5.56 Å². The van der Waals surface area contributed by atoms with Gasteiger partial charge < -0.3 is 0 Å². The molecule has 5 nitrogen and oxygen atoms in total. The van der Waals surface area contributed by atoms with Crippen LogP contribution in [0.3, 0.4) is 0 Å². The number of fused-ring (bicyclic) bond motifs is 6. The third-order valence-electron chi connectivity index (χ3n) is 11.1. The average Bonchev–Trinajstić information content (AvgIpc) is 3.61. The Labute approximate surface area is 328 Å². The van der Waals surface area contributed by atoms with Crippen LogP contribution in [0.25, 0.3) is 105 Å². The monoisotopic (exact) mass is 725 g/mol. The van der Waals surface area contributed by atoms with Crippen LogP contribution in [0.4, 0.5) is 0 Å². The summed E-state index contributed by atoms with van der Waals surface area (Å²) < 4.78 is 2.11. The van der Waals surface area contributed by atoms with Gasteiger partial charge >= 0.3 is 0 Å². The highest BCUT2D eigenvalue weighted by Gasteiger charge is 2.22. The summed E-state index contributed by atoms with van der Waals surface area (Å²) in [7, 11) is 0. The van der Waals surface area contributed by atoms with Crippen LogP contribution in [0.2, 0.25) is 0 Å². The summed E-state index contributed by atoms with van der Waals surface area (Å²) >= 11 is 0. The molecule has 0 aliphatic heterocycles. The molecule has 0 aliphatic carbocycles. The zero-order valence-corrected chi connectivity index (χ0v) is 30.6. The van der Waals surface area contributed by atoms with Gasteiger partial charge in [-0.25, -0.2) is 4.98 Å². The Morgan fingerprint density at radius 3 is 1.51 bits per heavy atom. The first kappa shape index (κ1) is 32.5. The van der Waals surface area contributed by atoms with Crippen molar-refractivity contribution in [1.82, 2.24) is 19.5 Å². The Balaban J connectivity index is 1.20. The molecule has 11 aromatic rings. The van der Waals surface area contributed by atoms with Crippen molar-refractivity contribution in [2.45, 2.75) is 0 Å². The molecule has 0 bridgehead atoms. The van der Waals surface area contributed by atoms with E-state index in [1.54, 1.807) is 0 Å². The maximum absolute atomic E-state index is 10.1. The maximum atomic E-state index is 10.1. The molecule has 9 aromatic carbocycles. The number of hydrogen-bond acceptors (Lipinski definition) is 4. The normalized spacial score (nSPS) is 11.5. The van der Waals surface area contributed by atoms with Gasteiger partial charge in [-0.3, -0.25) is 4.57 Å². The minimum absolute atomic E-state index is 0.510. The van der Waals surface area contributed by atoms with Gasteiger partial charge in [0, 0.05) is 21.9 Å². The molecular weight excluding hydrogens is 695 g/mol. The summed E-state index contributed by atoms with van der Waals surface area (Å²) in [6.45, 7) is 0. The average molecular weight is 726 g/mol. The lowest BCUT2D eigenvalue weighted by molar-refractivity contribution is 0.953. The molecule has 0 fully saturated rings. The molecule has 0 spiro atoms. The smallest absolute Gasteiger partial charge is 0.238 e. The van der Waals surface area contributed by atoms with Crippen molar-refractivity contribution in [2.24, 2.45) is 0 Å². The summed E-state index contributed by atoms with van der Waals surface area (Å²) in [6.07, 6.45) is 0. The molecule has 264 valence electrons. The van der Waals surface area contributed by atoms with Crippen molar-refractivity contribution < 1.29 is 0 Å². The van der Waals surface area contributed by atoms with Gasteiger partial charge in [0.15, 0.2) is 11.6 Å². The van der Waals surface area contributed by atoms with Crippen LogP contribution in [0.5, 0.6) is 0 Å². The van der Waals surface area contributed by atoms with E-state index in [0.717, 1.165) is 38.5 Å². The lowest BCUT2D eigenvalue weighted by Crippen LogP contribution is -2.06. The standard InChI is InChI=1S/C52H31N5/c53-32-33-26-28-46-44(30-33)45-31-37(27-29-47(45)57(46)52-55-50(35-15-3-1-4-16-35)54-51(56-52)36-17-5-2-6-18-36)48-40-21-9-11-23-42(40)49(43-24-12-10-22-41(43)48)39-25-13-19-34-14-7-8-20-38(34)39/h1-31H. The second-order valence-electron chi connectivity index (χ2n) is 14.3. The predicted octanol–water partition coefficient (Wildman–Crippen LogP) is 13.0. The van der Waals surface area contributed by atoms with Gasteiger partial charge in [0.1, 0.15) is 0 Å². The molecule has 0 aliphatic rings. The molecule has 0 N–H and O–H groups in total. The van der Waals surface area contributed by atoms with Gasteiger partial charge in [0.2, 0.25) is 5.95 Å². The van der Waals surface area contributed by atoms with Crippen molar-refractivity contribution in [2.75, 3.05) is 0 Å². The van der Waals surface area contributed by atoms with Gasteiger partial charge in [0.05, 0.1) is 22.7 Å². The molecule has 0 unspecified atom stereocenters. The molecule has 0 saturated heterocycles. The van der Waals surface area contributed by atoms with Crippen LogP contribution >= 0.6 is 0 Å². The number of benzene rings is 9. The molecule has 0 radical (unpaired) electrons. The maximum Gasteiger partial charge on any atom is 0.238 e. The highest BCUT2D eigenvalue weighted by atomic mass is 15.2. The zero-order valence-electron chi connectivity index (χ0n) is 30.6. The van der Waals surface area contributed by atoms with Gasteiger partial charge in [-0.1, -0.05) is 158 Å². The van der Waals surface area contributed by atoms with Crippen molar-refractivity contribution in [3.63, 3.8) is 0 Å². The molecule has 0 saturated carbocycles. The van der Waals surface area contributed by atoms with Crippen LogP contribution in [0.15, 0.2) is 188 Å². The topological polar surface area (TPSA) is 67.4 Å². The van der Waals surface area contributed by atoms with E-state index in [0.29, 0.717) is 23.2 Å². The number of hydrogen-bond donors (Lipinski definition) is 0. The Morgan fingerprint density at radius 1 is 0.386 bits per heavy atom. The summed E-state index contributed by atoms with van der Waals surface area (Å²) in [6, 6.07) is 67.7. The highest BCUT2D eigenvalue weighted by Crippen LogP contribution is 2.46. The Bertz CT molecular complexity index is 3300. The van der Waals surface area contributed by atoms with Gasteiger partial charge in [0.25, 0.3) is 0 Å². The van der Waals surface area contributed by atoms with Crippen molar-refractivity contribution >= 4 is 54.1 Å². The fourth-order valence-electron chi connectivity index (χ4n) is 8.53. The molecular formula is C52H31N5. The minimum atomic E-state index is 0.510. The van der Waals surface area contributed by atoms with Gasteiger partial charge in [-0.2, -0.15) is 15.2 Å². The molecule has 57 heavy (non-hydrogen) atoms. The first-order valence-corrected chi connectivity index (χ1v) is 19.0. The lowest BCUT2D eigenvalue weighted by atomic mass is 9.84. The summed E-state index contributed by atoms with van der Waals surface area (Å²) in [5.41, 5.74) is 8.95. The van der Waals surface area contributed by atoms with Gasteiger partial charge in [-0.05, 0) is 84.9 Å². The first-order chi connectivity index (χ1) is 28.2. The number of nitrogens with zero attached hydrogens (tertiary/aromatic N) is 5. The summed E-state index contributed by atoms with van der Waals surface area (Å²) in [5, 5.41) is 19.2. The van der Waals surface area contributed by atoms with E-state index in [4.69, 9.17) is 15.0 Å². The van der Waals surface area contributed by atoms with E-state index < -0.39 is 0 Å². The van der Waals surface area contributed by atoms with Crippen LogP contribution in [-0.4, -0.2) is 19.5 Å². The van der Waals surface area contributed by atoms with E-state index in [2.05, 4.69) is 120 Å². The third kappa shape index (κ3) is 5.27. The quantitative estimate of drug-likeness (QED) is 0.166. The van der Waals surface area contributed by atoms with Crippen molar-refractivity contribution in [1.29, 1.82) is 5.26 Å². The molecule has 2 aromatic heterocycles. The van der Waals surface area contributed by atoms with E-state index in [1.165, 1.54) is 49.0 Å². The summed E-state index contributed by atoms with van der Waals surface area (Å²) in [5.74, 6) is 1.68. The molecule has 0 atom stereocenters. The molecule has 5 heteroatoms. The van der Waals surface area contributed by atoms with Gasteiger partial charge in [-0.15, -0.1) is 0 Å². The van der Waals surface area contributed by atoms with Crippen LogP contribution < -0.4 is 0 Å². The first-order valence-electron chi connectivity index (χ1n) is 19.0. The summed E-state index contributed by atoms with van der Waals surface area (Å²) in [4.78, 5) is 15.2. The Kier molecular flexibility index (Phi) is 7.48. The molecule has 2 heterocycles. The van der Waals surface area contributed by atoms with Crippen LogP contribution in [-0.2, 0) is 0 Å². The van der Waals surface area contributed by atoms with E-state index >= 15 is 0 Å². The van der Waals surface area contributed by atoms with E-state index in [9.17, 15) is 5.26 Å². The third-order valence-corrected chi connectivity index (χ3v) is 11.1. The number of nitriles is 1. The second kappa shape index (κ2) is 13.1. The Hall–Kier alpha value is -7.94. The van der Waals surface area contributed by atoms with E-state index in [-0.39, 0.29) is 0 Å². The Morgan fingerprint density at radius 2 is 0.895 bits per heavy atom. The molecule has 0 amide bonds. The second-order valence-corrected chi connectivity index (χ2v) is 14.3. The fraction of sp³-hybridized carbons (Fsp3) is 0. The SMILES string of the molecule is N#Cc1ccc2c(c1)c1cc(-c3c4ccccc4c(-c4cccc5ccccc45)c4ccccc34)ccc1n2-c1nc(-c2ccccc2)nc(-c2ccccc2)n1. The fourth-order valence-corrected chi connectivity index (χ4v) is 8.53. The predicted molar refractivity (Wildman–Crippen MR) is 233 cm³/mol. The number of rotatable bonds is 5. The zero-order chi connectivity index (χ0) is 37.9. The number of aromatic nitrogens is 4. The highest BCUT2D eigenvalue weighted by molar-refractivity contribution is 6.24. The van der Waals surface area contributed by atoms with Crippen molar-refractivity contribution in [3.05, 3.63) is 194 Å². The van der Waals surface area contributed by atoms with E-state index in [1.807, 2.05) is 78.9 Å². The molecule has 11 rings (SSSR count). The lowest BCUT2D eigenvalue weighted by Gasteiger charge is -2.19.